The molecule has 1 aromatic heterocycles. The summed E-state index contributed by atoms with van der Waals surface area (Å²) < 4.78 is 47.6. The first kappa shape index (κ1) is 43.2. The van der Waals surface area contributed by atoms with Crippen LogP contribution in [-0.2, 0) is 31.8 Å². The second-order valence-corrected chi connectivity index (χ2v) is 16.0. The van der Waals surface area contributed by atoms with E-state index in [1.54, 1.807) is 49.1 Å². The number of carbonyl (C=O) groups excluding carboxylic acids is 4. The van der Waals surface area contributed by atoms with Crippen molar-refractivity contribution in [2.45, 2.75) is 89.2 Å². The highest BCUT2D eigenvalue weighted by atomic mass is 32.1. The largest absolute Gasteiger partial charge is 0.492 e. The number of rotatable bonds is 12. The summed E-state index contributed by atoms with van der Waals surface area (Å²) in [6.07, 6.45) is -2.50. The van der Waals surface area contributed by atoms with Gasteiger partial charge >= 0.3 is 6.18 Å². The monoisotopic (exact) mass is 835 g/mol. The lowest BCUT2D eigenvalue weighted by Gasteiger charge is -2.44. The average Bonchev–Trinajstić information content (AvgIpc) is 3.35. The molecule has 14 nitrogen and oxygen atoms in total. The summed E-state index contributed by atoms with van der Waals surface area (Å²) in [5.74, 6) is -0.620. The average molecular weight is 836 g/mol. The summed E-state index contributed by atoms with van der Waals surface area (Å²) in [7, 11) is 0. The third-order valence-corrected chi connectivity index (χ3v) is 11.4. The normalized spacial score (nSPS) is 22.5. The zero-order valence-corrected chi connectivity index (χ0v) is 34.4. The number of thiol groups is 1. The van der Waals surface area contributed by atoms with Gasteiger partial charge in [-0.2, -0.15) is 18.4 Å². The smallest absolute Gasteiger partial charge is 0.419 e. The summed E-state index contributed by atoms with van der Waals surface area (Å²) >= 11 is 4.70. The molecule has 4 amide bonds. The molecule has 2 aromatic carbocycles. The fourth-order valence-electron chi connectivity index (χ4n) is 7.97. The molecule has 0 spiro atoms. The number of ether oxygens (including phenoxy) is 1. The minimum absolute atomic E-state index is 0.0795. The van der Waals surface area contributed by atoms with Crippen molar-refractivity contribution in [2.24, 2.45) is 0 Å². The van der Waals surface area contributed by atoms with Crippen LogP contribution in [0.4, 0.5) is 35.9 Å². The Balaban J connectivity index is 1.03. The van der Waals surface area contributed by atoms with Crippen molar-refractivity contribution in [1.82, 2.24) is 20.1 Å². The van der Waals surface area contributed by atoms with Gasteiger partial charge < -0.3 is 20.3 Å². The summed E-state index contributed by atoms with van der Waals surface area (Å²) in [6.45, 7) is 12.2. The number of aryl methyl sites for hydroxylation is 1. The Kier molecular flexibility index (Phi) is 12.8. The van der Waals surface area contributed by atoms with E-state index in [0.717, 1.165) is 35.8 Å². The van der Waals surface area contributed by atoms with Gasteiger partial charge in [0.25, 0.3) is 5.91 Å². The first-order valence-corrected chi connectivity index (χ1v) is 19.9. The molecule has 3 saturated heterocycles. The van der Waals surface area contributed by atoms with Crippen molar-refractivity contribution in [2.75, 3.05) is 53.2 Å². The van der Waals surface area contributed by atoms with Gasteiger partial charge in [-0.1, -0.05) is 13.0 Å². The van der Waals surface area contributed by atoms with E-state index in [1.807, 2.05) is 19.1 Å². The number of piperidine rings is 1. The topological polar surface area (TPSA) is 163 Å². The molecule has 0 radical (unpaired) electrons. The summed E-state index contributed by atoms with van der Waals surface area (Å²) in [5, 5.41) is 17.6. The molecule has 3 aliphatic heterocycles. The Bertz CT molecular complexity index is 2140. The van der Waals surface area contributed by atoms with E-state index in [4.69, 9.17) is 17.4 Å². The highest BCUT2D eigenvalue weighted by molar-refractivity contribution is 7.81. The summed E-state index contributed by atoms with van der Waals surface area (Å²) in [4.78, 5) is 61.6. The van der Waals surface area contributed by atoms with E-state index in [2.05, 4.69) is 44.6 Å². The number of nitrogens with one attached hydrogen (secondary N) is 3. The molecule has 3 fully saturated rings. The lowest BCUT2D eigenvalue weighted by atomic mass is 10.0. The maximum atomic E-state index is 13.8. The Morgan fingerprint density at radius 2 is 1.78 bits per heavy atom. The zero-order chi connectivity index (χ0) is 42.8. The molecule has 3 aromatic rings. The standard InChI is InChI=1S/C41H48F3N9O5S/c1-6-26-16-29(53-39(59)52(38(57)40(53,4)5)30-18-31(41(42,43)44)33(19-45)46-20-30)10-12-34(26)58-15-14-50-21-24(2)51(25(3)22-50)23-36(55)48-28-9-7-8-27(17-28)47-32-11-13-35(54)49-37(32)56/h7-10,12,16-18,20,24-25,32,39,47,59H,6,11,13-15,21-23H2,1-5H3,(H,48,55)(H,49,54,56)/t24-,25+,32?,39?. The van der Waals surface area contributed by atoms with Crippen LogP contribution in [0.1, 0.15) is 64.3 Å². The van der Waals surface area contributed by atoms with E-state index in [0.29, 0.717) is 48.8 Å². The molecule has 2 unspecified atom stereocenters. The van der Waals surface area contributed by atoms with Crippen LogP contribution in [0.2, 0.25) is 0 Å². The van der Waals surface area contributed by atoms with Crippen molar-refractivity contribution in [1.29, 1.82) is 5.26 Å². The van der Waals surface area contributed by atoms with Gasteiger partial charge in [0.1, 0.15) is 30.0 Å². The molecule has 4 atom stereocenters. The highest BCUT2D eigenvalue weighted by Crippen LogP contribution is 2.43. The van der Waals surface area contributed by atoms with Crippen LogP contribution in [0.3, 0.4) is 0 Å². The second-order valence-electron chi connectivity index (χ2n) is 15.6. The number of carbonyl (C=O) groups is 4. The lowest BCUT2D eigenvalue weighted by Crippen LogP contribution is -2.58. The van der Waals surface area contributed by atoms with Gasteiger partial charge in [0.15, 0.2) is 11.2 Å². The molecule has 314 valence electrons. The number of amides is 4. The van der Waals surface area contributed by atoms with Crippen LogP contribution in [0.25, 0.3) is 0 Å². The first-order valence-electron chi connectivity index (χ1n) is 19.4. The van der Waals surface area contributed by atoms with Crippen LogP contribution in [0, 0.1) is 11.3 Å². The van der Waals surface area contributed by atoms with E-state index in [-0.39, 0.29) is 48.5 Å². The van der Waals surface area contributed by atoms with Gasteiger partial charge in [-0.25, -0.2) is 4.98 Å². The molecule has 0 saturated carbocycles. The quantitative estimate of drug-likeness (QED) is 0.143. The maximum Gasteiger partial charge on any atom is 0.419 e. The Morgan fingerprint density at radius 1 is 1.07 bits per heavy atom. The minimum Gasteiger partial charge on any atom is -0.492 e. The minimum atomic E-state index is -4.84. The number of alkyl halides is 3. The van der Waals surface area contributed by atoms with Crippen LogP contribution in [0.5, 0.6) is 5.75 Å². The lowest BCUT2D eigenvalue weighted by molar-refractivity contribution is -0.138. The summed E-state index contributed by atoms with van der Waals surface area (Å²) in [6, 6.07) is 14.5. The number of hydrogen-bond donors (Lipinski definition) is 4. The van der Waals surface area contributed by atoms with Crippen LogP contribution in [-0.4, -0.2) is 100 Å². The molecule has 0 bridgehead atoms. The zero-order valence-electron chi connectivity index (χ0n) is 33.5. The van der Waals surface area contributed by atoms with Gasteiger partial charge in [-0.05, 0) is 88.6 Å². The molecule has 4 heterocycles. The fraction of sp³-hybridized carbons (Fsp3) is 0.463. The van der Waals surface area contributed by atoms with Crippen molar-refractivity contribution < 1.29 is 37.1 Å². The maximum absolute atomic E-state index is 13.8. The predicted molar refractivity (Wildman–Crippen MR) is 219 cm³/mol. The highest BCUT2D eigenvalue weighted by Gasteiger charge is 2.52. The molecular formula is C41H48F3N9O5S. The van der Waals surface area contributed by atoms with Crippen molar-refractivity contribution >= 4 is 59.0 Å². The number of nitrogens with zero attached hydrogens (tertiary/aromatic N) is 6. The Labute approximate surface area is 346 Å². The third kappa shape index (κ3) is 9.42. The number of piperazine rings is 1. The molecule has 18 heteroatoms. The van der Waals surface area contributed by atoms with E-state index in [9.17, 15) is 37.6 Å². The SMILES string of the molecule is CCc1cc(N2C(S)N(c3cnc(C#N)c(C(F)(F)F)c3)C(=O)C2(C)C)ccc1OCCN1C[C@@H](C)N(CC(=O)Nc2cccc(NC3CCC(=O)NC3=O)c2)[C@@H](C)C1. The second kappa shape index (κ2) is 17.5. The first-order chi connectivity index (χ1) is 27.9. The van der Waals surface area contributed by atoms with Crippen molar-refractivity contribution in [3.63, 3.8) is 0 Å². The van der Waals surface area contributed by atoms with Gasteiger partial charge in [-0.15, -0.1) is 12.6 Å². The number of hydrogen-bond acceptors (Lipinski definition) is 12. The molecule has 3 N–H and O–H groups in total. The number of anilines is 4. The van der Waals surface area contributed by atoms with Crippen LogP contribution >= 0.6 is 12.6 Å². The van der Waals surface area contributed by atoms with Crippen LogP contribution < -0.4 is 30.5 Å². The Morgan fingerprint density at radius 3 is 2.44 bits per heavy atom. The molecule has 3 aliphatic rings. The van der Waals surface area contributed by atoms with E-state index in [1.165, 1.54) is 6.07 Å². The van der Waals surface area contributed by atoms with Crippen LogP contribution in [0.15, 0.2) is 54.7 Å². The molecule has 0 aliphatic carbocycles. The number of halogens is 3. The van der Waals surface area contributed by atoms with Gasteiger partial charge in [0.2, 0.25) is 17.7 Å². The van der Waals surface area contributed by atoms with Gasteiger partial charge in [0, 0.05) is 55.2 Å². The number of benzene rings is 2. The fourth-order valence-corrected chi connectivity index (χ4v) is 8.63. The Hall–Kier alpha value is -5.38. The molecular weight excluding hydrogens is 788 g/mol. The number of aromatic nitrogens is 1. The number of imide groups is 1. The van der Waals surface area contributed by atoms with E-state index < -0.39 is 40.4 Å². The summed E-state index contributed by atoms with van der Waals surface area (Å²) in [5.41, 5.74) is -1.53. The van der Waals surface area contributed by atoms with E-state index >= 15 is 0 Å². The van der Waals surface area contributed by atoms with Gasteiger partial charge in [0.05, 0.1) is 24.0 Å². The number of pyridine rings is 1. The predicted octanol–water partition coefficient (Wildman–Crippen LogP) is 5.01. The van der Waals surface area contributed by atoms with Crippen molar-refractivity contribution in [3.8, 4) is 11.8 Å². The third-order valence-electron chi connectivity index (χ3n) is 11.0. The van der Waals surface area contributed by atoms with Crippen molar-refractivity contribution in [3.05, 3.63) is 71.5 Å². The molecule has 6 rings (SSSR count). The molecule has 59 heavy (non-hydrogen) atoms. The number of nitriles is 1. The van der Waals surface area contributed by atoms with Gasteiger partial charge in [-0.3, -0.25) is 39.2 Å².